The quantitative estimate of drug-likeness (QED) is 0.876. The van der Waals surface area contributed by atoms with Crippen LogP contribution in [0.2, 0.25) is 0 Å². The van der Waals surface area contributed by atoms with E-state index in [0.29, 0.717) is 10.8 Å². The third-order valence-electron chi connectivity index (χ3n) is 6.38. The second kappa shape index (κ2) is 5.62. The van der Waals surface area contributed by atoms with Crippen LogP contribution in [-0.2, 0) is 11.8 Å². The van der Waals surface area contributed by atoms with Gasteiger partial charge in [-0.1, -0.05) is 18.3 Å². The number of aromatic amines is 1. The number of amides is 1. The molecule has 6 rings (SSSR count). The van der Waals surface area contributed by atoms with Gasteiger partial charge >= 0.3 is 0 Å². The monoisotopic (exact) mass is 357 g/mol. The minimum atomic E-state index is -0.218. The summed E-state index contributed by atoms with van der Waals surface area (Å²) in [5, 5.41) is 20.3. The van der Waals surface area contributed by atoms with Crippen LogP contribution >= 0.6 is 11.3 Å². The Morgan fingerprint density at radius 3 is 2.52 bits per heavy atom. The topological polar surface area (TPSA) is 83.6 Å². The normalized spacial score (nSPS) is 32.9. The lowest BCUT2D eigenvalue weighted by molar-refractivity contribution is -0.00555. The van der Waals surface area contributed by atoms with Crippen LogP contribution < -0.4 is 5.32 Å². The number of rotatable bonds is 4. The number of nitrogens with one attached hydrogen (secondary N) is 2. The number of anilines is 1. The van der Waals surface area contributed by atoms with E-state index in [1.165, 1.54) is 38.5 Å². The van der Waals surface area contributed by atoms with Gasteiger partial charge in [0.2, 0.25) is 5.13 Å². The Morgan fingerprint density at radius 2 is 1.92 bits per heavy atom. The maximum absolute atomic E-state index is 12.3. The maximum atomic E-state index is 12.3. The lowest BCUT2D eigenvalue weighted by Crippen LogP contribution is -2.48. The summed E-state index contributed by atoms with van der Waals surface area (Å²) in [5.41, 5.74) is 1.59. The van der Waals surface area contributed by atoms with Gasteiger partial charge in [0.1, 0.15) is 5.01 Å². The molecule has 25 heavy (non-hydrogen) atoms. The molecule has 4 aliphatic rings. The summed E-state index contributed by atoms with van der Waals surface area (Å²) in [5.74, 6) is 2.42. The molecule has 4 saturated carbocycles. The zero-order chi connectivity index (χ0) is 17.0. The van der Waals surface area contributed by atoms with E-state index in [4.69, 9.17) is 0 Å². The Bertz CT molecular complexity index is 775. The highest BCUT2D eigenvalue weighted by molar-refractivity contribution is 7.15. The molecule has 0 aromatic carbocycles. The Balaban J connectivity index is 1.34. The third kappa shape index (κ3) is 2.60. The number of carbonyl (C=O) groups is 1. The zero-order valence-electron chi connectivity index (χ0n) is 14.4. The molecule has 4 fully saturated rings. The van der Waals surface area contributed by atoms with Gasteiger partial charge in [0.15, 0.2) is 5.69 Å². The Labute approximate surface area is 150 Å². The first-order valence-corrected chi connectivity index (χ1v) is 10.1. The van der Waals surface area contributed by atoms with Crippen LogP contribution in [0.5, 0.6) is 0 Å². The summed E-state index contributed by atoms with van der Waals surface area (Å²) in [4.78, 5) is 12.3. The molecular weight excluding hydrogens is 334 g/mol. The van der Waals surface area contributed by atoms with E-state index >= 15 is 0 Å². The maximum Gasteiger partial charge on any atom is 0.277 e. The van der Waals surface area contributed by atoms with E-state index in [1.54, 1.807) is 17.4 Å². The van der Waals surface area contributed by atoms with Crippen LogP contribution in [0.4, 0.5) is 5.13 Å². The first kappa shape index (κ1) is 15.5. The first-order valence-electron chi connectivity index (χ1n) is 9.33. The lowest BCUT2D eigenvalue weighted by atomic mass is 9.50. The molecule has 0 radical (unpaired) electrons. The van der Waals surface area contributed by atoms with Crippen molar-refractivity contribution in [2.75, 3.05) is 5.32 Å². The van der Waals surface area contributed by atoms with Gasteiger partial charge in [-0.3, -0.25) is 15.2 Å². The van der Waals surface area contributed by atoms with Crippen LogP contribution in [0, 0.1) is 17.8 Å². The minimum absolute atomic E-state index is 0.218. The van der Waals surface area contributed by atoms with Crippen molar-refractivity contribution in [3.05, 3.63) is 22.5 Å². The molecule has 2 aromatic heterocycles. The van der Waals surface area contributed by atoms with Crippen molar-refractivity contribution in [1.82, 2.24) is 20.4 Å². The summed E-state index contributed by atoms with van der Waals surface area (Å²) in [6.07, 6.45) is 8.87. The number of aryl methyl sites for hydroxylation is 1. The van der Waals surface area contributed by atoms with Crippen molar-refractivity contribution in [2.45, 2.75) is 57.3 Å². The molecule has 7 heteroatoms. The van der Waals surface area contributed by atoms with Gasteiger partial charge in [-0.25, -0.2) is 0 Å². The molecule has 0 unspecified atom stereocenters. The highest BCUT2D eigenvalue weighted by Gasteiger charge is 2.53. The van der Waals surface area contributed by atoms with Crippen molar-refractivity contribution in [2.24, 2.45) is 17.8 Å². The highest BCUT2D eigenvalue weighted by Crippen LogP contribution is 2.61. The van der Waals surface area contributed by atoms with E-state index in [0.717, 1.165) is 34.9 Å². The van der Waals surface area contributed by atoms with Crippen molar-refractivity contribution in [3.63, 3.8) is 0 Å². The molecule has 4 aliphatic carbocycles. The van der Waals surface area contributed by atoms with E-state index < -0.39 is 0 Å². The third-order valence-corrected chi connectivity index (χ3v) is 7.47. The second-order valence-electron chi connectivity index (χ2n) is 8.20. The Hall–Kier alpha value is -1.76. The van der Waals surface area contributed by atoms with Crippen molar-refractivity contribution < 1.29 is 4.79 Å². The van der Waals surface area contributed by atoms with Gasteiger partial charge in [0.05, 0.1) is 0 Å². The summed E-state index contributed by atoms with van der Waals surface area (Å²) < 4.78 is 0. The summed E-state index contributed by atoms with van der Waals surface area (Å²) in [6, 6.07) is 1.79. The van der Waals surface area contributed by atoms with Crippen LogP contribution in [0.15, 0.2) is 6.07 Å². The predicted molar refractivity (Wildman–Crippen MR) is 95.7 cm³/mol. The minimum Gasteiger partial charge on any atom is -0.295 e. The van der Waals surface area contributed by atoms with Crippen LogP contribution in [-0.4, -0.2) is 26.3 Å². The molecule has 0 spiro atoms. The van der Waals surface area contributed by atoms with E-state index in [1.807, 2.05) is 6.92 Å². The van der Waals surface area contributed by atoms with Crippen molar-refractivity contribution >= 4 is 22.4 Å². The smallest absolute Gasteiger partial charge is 0.277 e. The average Bonchev–Trinajstić information content (AvgIpc) is 3.23. The summed E-state index contributed by atoms with van der Waals surface area (Å²) >= 11 is 1.56. The number of H-pyrrole nitrogens is 1. The second-order valence-corrected chi connectivity index (χ2v) is 9.17. The van der Waals surface area contributed by atoms with Crippen LogP contribution in [0.3, 0.4) is 0 Å². The summed E-state index contributed by atoms with van der Waals surface area (Å²) in [7, 11) is 0. The van der Waals surface area contributed by atoms with Crippen LogP contribution in [0.25, 0.3) is 0 Å². The molecule has 2 heterocycles. The average molecular weight is 357 g/mol. The predicted octanol–water partition coefficient (Wildman–Crippen LogP) is 3.54. The fourth-order valence-electron chi connectivity index (χ4n) is 5.68. The molecule has 1 amide bonds. The Kier molecular flexibility index (Phi) is 3.48. The highest BCUT2D eigenvalue weighted by atomic mass is 32.1. The molecule has 0 saturated heterocycles. The molecule has 2 N–H and O–H groups in total. The van der Waals surface area contributed by atoms with Gasteiger partial charge in [-0.2, -0.15) is 5.10 Å². The molecule has 0 aliphatic heterocycles. The molecule has 0 atom stereocenters. The standard InChI is InChI=1S/C18H23N5OS/c1-2-13-6-14(21-20-13)15(24)19-17-23-22-16(25-17)18-7-10-3-11(8-18)5-12(4-10)9-18/h6,10-12H,2-5,7-9H2,1H3,(H,20,21)(H,19,23,24). The van der Waals surface area contributed by atoms with Gasteiger partial charge in [-0.15, -0.1) is 10.2 Å². The largest absolute Gasteiger partial charge is 0.295 e. The number of nitrogens with zero attached hydrogens (tertiary/aromatic N) is 3. The van der Waals surface area contributed by atoms with Gasteiger partial charge in [-0.05, 0) is 68.8 Å². The van der Waals surface area contributed by atoms with Crippen LogP contribution in [0.1, 0.15) is 66.6 Å². The fourth-order valence-corrected chi connectivity index (χ4v) is 6.64. The number of hydrogen-bond acceptors (Lipinski definition) is 5. The Morgan fingerprint density at radius 1 is 1.24 bits per heavy atom. The first-order chi connectivity index (χ1) is 12.1. The van der Waals surface area contributed by atoms with E-state index in [2.05, 4.69) is 25.7 Å². The SMILES string of the molecule is CCc1cc(C(=O)Nc2nnc(C34CC5CC(CC(C5)C3)C4)s2)n[nH]1. The van der Waals surface area contributed by atoms with Gasteiger partial charge in [0, 0.05) is 11.1 Å². The fraction of sp³-hybridized carbons (Fsp3) is 0.667. The van der Waals surface area contributed by atoms with Crippen molar-refractivity contribution in [1.29, 1.82) is 0 Å². The van der Waals surface area contributed by atoms with E-state index in [9.17, 15) is 4.79 Å². The number of hydrogen-bond donors (Lipinski definition) is 2. The molecule has 132 valence electrons. The number of carbonyl (C=O) groups excluding carboxylic acids is 1. The molecule has 4 bridgehead atoms. The molecule has 2 aromatic rings. The summed E-state index contributed by atoms with van der Waals surface area (Å²) in [6.45, 7) is 2.03. The van der Waals surface area contributed by atoms with Gasteiger partial charge < -0.3 is 0 Å². The lowest BCUT2D eigenvalue weighted by Gasteiger charge is -2.55. The molecular formula is C18H23N5OS. The van der Waals surface area contributed by atoms with E-state index in [-0.39, 0.29) is 11.3 Å². The van der Waals surface area contributed by atoms with Crippen molar-refractivity contribution in [3.8, 4) is 0 Å². The molecule has 6 nitrogen and oxygen atoms in total. The number of aromatic nitrogens is 4. The van der Waals surface area contributed by atoms with Gasteiger partial charge in [0.25, 0.3) is 5.91 Å². The zero-order valence-corrected chi connectivity index (χ0v) is 15.2.